The van der Waals surface area contributed by atoms with Gasteiger partial charge in [0, 0.05) is 31.5 Å². The van der Waals surface area contributed by atoms with Crippen LogP contribution in [-0.4, -0.2) is 49.2 Å². The van der Waals surface area contributed by atoms with E-state index in [9.17, 15) is 18.4 Å². The van der Waals surface area contributed by atoms with Crippen LogP contribution in [0.4, 0.5) is 0 Å². The monoisotopic (exact) mass is 513 g/mol. The molecule has 1 fully saturated rings. The van der Waals surface area contributed by atoms with Crippen molar-refractivity contribution in [2.24, 2.45) is 5.92 Å². The van der Waals surface area contributed by atoms with E-state index in [0.29, 0.717) is 43.6 Å². The molecule has 1 aromatic heterocycles. The van der Waals surface area contributed by atoms with Crippen molar-refractivity contribution in [2.75, 3.05) is 13.7 Å². The van der Waals surface area contributed by atoms with E-state index in [4.69, 9.17) is 9.47 Å². The standard InChI is InChI=1S/C23H31N3O6S.ClH/c1-3-32-20-8-6-18(7-9-20)23(22(27)26-28,25-16-17-5-4-14-24-15-17)33(29,30)21-12-10-19(31-2)11-13-21;/h4-5,10-15,18,20,25,28H,3,6-9,16H2,1-2H3,(H,26,27);1H/t18?,20?,23-;/m1./s1. The van der Waals surface area contributed by atoms with E-state index in [1.54, 1.807) is 30.0 Å². The third kappa shape index (κ3) is 5.69. The van der Waals surface area contributed by atoms with Gasteiger partial charge in [-0.15, -0.1) is 12.4 Å². The van der Waals surface area contributed by atoms with Crippen LogP contribution < -0.4 is 15.5 Å². The molecule has 188 valence electrons. The molecule has 1 aromatic carbocycles. The molecule has 0 unspecified atom stereocenters. The van der Waals surface area contributed by atoms with E-state index in [0.717, 1.165) is 0 Å². The van der Waals surface area contributed by atoms with Gasteiger partial charge in [-0.05, 0) is 68.5 Å². The number of nitrogens with zero attached hydrogens (tertiary/aromatic N) is 1. The van der Waals surface area contributed by atoms with E-state index in [2.05, 4.69) is 10.3 Å². The second kappa shape index (κ2) is 12.5. The maximum Gasteiger partial charge on any atom is 0.280 e. The predicted octanol–water partition coefficient (Wildman–Crippen LogP) is 2.87. The molecule has 1 saturated carbocycles. The minimum atomic E-state index is -4.30. The first-order chi connectivity index (χ1) is 15.9. The summed E-state index contributed by atoms with van der Waals surface area (Å²) in [6.45, 7) is 2.56. The van der Waals surface area contributed by atoms with E-state index >= 15 is 0 Å². The lowest BCUT2D eigenvalue weighted by molar-refractivity contribution is -0.135. The van der Waals surface area contributed by atoms with Crippen LogP contribution in [0, 0.1) is 5.92 Å². The fraction of sp³-hybridized carbons (Fsp3) is 0.478. The molecule has 1 atom stereocenters. The molecule has 0 spiro atoms. The molecule has 0 aliphatic heterocycles. The Bertz CT molecular complexity index is 1010. The van der Waals surface area contributed by atoms with E-state index < -0.39 is 26.5 Å². The van der Waals surface area contributed by atoms with Crippen LogP contribution in [0.15, 0.2) is 53.7 Å². The number of benzene rings is 1. The highest BCUT2D eigenvalue weighted by atomic mass is 35.5. The molecule has 1 aliphatic carbocycles. The molecule has 11 heteroatoms. The molecule has 1 amide bonds. The minimum Gasteiger partial charge on any atom is -0.497 e. The van der Waals surface area contributed by atoms with Gasteiger partial charge in [0.15, 0.2) is 0 Å². The topological polar surface area (TPSA) is 127 Å². The van der Waals surface area contributed by atoms with Crippen molar-refractivity contribution in [3.8, 4) is 5.75 Å². The number of hydrogen-bond acceptors (Lipinski definition) is 8. The Morgan fingerprint density at radius 3 is 2.38 bits per heavy atom. The number of amides is 1. The highest BCUT2D eigenvalue weighted by molar-refractivity contribution is 7.93. The molecule has 9 nitrogen and oxygen atoms in total. The predicted molar refractivity (Wildman–Crippen MR) is 129 cm³/mol. The number of methoxy groups -OCH3 is 1. The highest BCUT2D eigenvalue weighted by Gasteiger charge is 2.57. The summed E-state index contributed by atoms with van der Waals surface area (Å²) >= 11 is 0. The lowest BCUT2D eigenvalue weighted by Gasteiger charge is -2.42. The summed E-state index contributed by atoms with van der Waals surface area (Å²) in [6, 6.07) is 9.39. The van der Waals surface area contributed by atoms with Crippen molar-refractivity contribution in [3.05, 3.63) is 54.4 Å². The van der Waals surface area contributed by atoms with E-state index in [-0.39, 0.29) is 30.0 Å². The second-order valence-electron chi connectivity index (χ2n) is 8.00. The largest absolute Gasteiger partial charge is 0.497 e. The van der Waals surface area contributed by atoms with Crippen LogP contribution in [0.5, 0.6) is 5.75 Å². The zero-order valence-electron chi connectivity index (χ0n) is 19.3. The lowest BCUT2D eigenvalue weighted by atomic mass is 9.81. The second-order valence-corrected chi connectivity index (χ2v) is 10.1. The molecule has 0 saturated heterocycles. The summed E-state index contributed by atoms with van der Waals surface area (Å²) in [4.78, 5) is 15.2. The van der Waals surface area contributed by atoms with Crippen LogP contribution in [0.2, 0.25) is 0 Å². The number of hydrogen-bond donors (Lipinski definition) is 3. The van der Waals surface area contributed by atoms with Crippen LogP contribution in [0.3, 0.4) is 0 Å². The fourth-order valence-corrected chi connectivity index (χ4v) is 6.57. The minimum absolute atomic E-state index is 0. The average Bonchev–Trinajstić information content (AvgIpc) is 2.85. The smallest absolute Gasteiger partial charge is 0.280 e. The van der Waals surface area contributed by atoms with Crippen molar-refractivity contribution in [3.63, 3.8) is 0 Å². The van der Waals surface area contributed by atoms with Gasteiger partial charge < -0.3 is 9.47 Å². The van der Waals surface area contributed by atoms with Crippen LogP contribution in [0.1, 0.15) is 38.2 Å². The van der Waals surface area contributed by atoms with Gasteiger partial charge in [0.1, 0.15) is 5.75 Å². The van der Waals surface area contributed by atoms with Crippen LogP contribution in [-0.2, 0) is 25.9 Å². The van der Waals surface area contributed by atoms with Gasteiger partial charge in [-0.3, -0.25) is 20.3 Å². The molecule has 1 heterocycles. The van der Waals surface area contributed by atoms with Gasteiger partial charge in [-0.1, -0.05) is 6.07 Å². The number of sulfone groups is 1. The molecule has 0 bridgehead atoms. The maximum atomic E-state index is 14.1. The summed E-state index contributed by atoms with van der Waals surface area (Å²) in [7, 11) is -2.81. The van der Waals surface area contributed by atoms with Crippen molar-refractivity contribution >= 4 is 28.2 Å². The van der Waals surface area contributed by atoms with Gasteiger partial charge in [-0.25, -0.2) is 13.9 Å². The van der Waals surface area contributed by atoms with Crippen molar-refractivity contribution in [1.29, 1.82) is 0 Å². The average molecular weight is 514 g/mol. The van der Waals surface area contributed by atoms with Crippen molar-refractivity contribution < 1.29 is 27.9 Å². The van der Waals surface area contributed by atoms with E-state index in [1.165, 1.54) is 31.4 Å². The molecular formula is C23H32ClN3O6S. The fourth-order valence-electron chi connectivity index (χ4n) is 4.48. The molecule has 34 heavy (non-hydrogen) atoms. The molecule has 3 N–H and O–H groups in total. The number of pyridine rings is 1. The number of rotatable bonds is 10. The van der Waals surface area contributed by atoms with Crippen LogP contribution in [0.25, 0.3) is 0 Å². The zero-order valence-corrected chi connectivity index (χ0v) is 20.9. The molecule has 0 radical (unpaired) electrons. The van der Waals surface area contributed by atoms with Gasteiger partial charge in [0.2, 0.25) is 14.7 Å². The molecule has 1 aliphatic rings. The Hall–Kier alpha value is -2.24. The summed E-state index contributed by atoms with van der Waals surface area (Å²) in [5.41, 5.74) is 2.33. The first-order valence-corrected chi connectivity index (χ1v) is 12.5. The highest BCUT2D eigenvalue weighted by Crippen LogP contribution is 2.40. The first kappa shape index (κ1) is 28.0. The molecule has 2 aromatic rings. The summed E-state index contributed by atoms with van der Waals surface area (Å²) < 4.78 is 39.0. The number of aromatic nitrogens is 1. The van der Waals surface area contributed by atoms with Gasteiger partial charge in [0.05, 0.1) is 18.1 Å². The maximum absolute atomic E-state index is 14.1. The van der Waals surface area contributed by atoms with Gasteiger partial charge in [0.25, 0.3) is 5.91 Å². The summed E-state index contributed by atoms with van der Waals surface area (Å²) in [5.74, 6) is -1.11. The van der Waals surface area contributed by atoms with E-state index in [1.807, 2.05) is 6.92 Å². The number of halogens is 1. The Morgan fingerprint density at radius 1 is 1.18 bits per heavy atom. The third-order valence-corrected chi connectivity index (χ3v) is 8.57. The Morgan fingerprint density at radius 2 is 1.85 bits per heavy atom. The Labute approximate surface area is 206 Å². The zero-order chi connectivity index (χ0) is 23.9. The SMILES string of the molecule is CCOC1CCC([C@](NCc2cccnc2)(C(=O)NO)S(=O)(=O)c2ccc(OC)cc2)CC1.Cl. The molecular weight excluding hydrogens is 482 g/mol. The number of carbonyl (C=O) groups excluding carboxylic acids is 1. The normalized spacial score (nSPS) is 20.0. The Kier molecular flexibility index (Phi) is 10.3. The van der Waals surface area contributed by atoms with Crippen LogP contribution >= 0.6 is 12.4 Å². The molecule has 3 rings (SSSR count). The third-order valence-electron chi connectivity index (χ3n) is 6.16. The van der Waals surface area contributed by atoms with Crippen molar-refractivity contribution in [2.45, 2.75) is 55.0 Å². The number of ether oxygens (including phenoxy) is 2. The van der Waals surface area contributed by atoms with Gasteiger partial charge >= 0.3 is 0 Å². The lowest BCUT2D eigenvalue weighted by Crippen LogP contribution is -2.66. The number of hydroxylamine groups is 1. The van der Waals surface area contributed by atoms with Crippen molar-refractivity contribution in [1.82, 2.24) is 15.8 Å². The number of nitrogens with one attached hydrogen (secondary N) is 2. The summed E-state index contributed by atoms with van der Waals surface area (Å²) in [6.07, 6.45) is 5.34. The van der Waals surface area contributed by atoms with Gasteiger partial charge in [-0.2, -0.15) is 0 Å². The Balaban J connectivity index is 0.00000408. The quantitative estimate of drug-likeness (QED) is 0.327. The number of carbonyl (C=O) groups is 1. The summed E-state index contributed by atoms with van der Waals surface area (Å²) in [5, 5.41) is 12.7. The first-order valence-electron chi connectivity index (χ1n) is 11.0.